The second-order valence-electron chi connectivity index (χ2n) is 7.47. The van der Waals surface area contributed by atoms with Gasteiger partial charge in [-0.15, -0.1) is 10.2 Å². The zero-order valence-corrected chi connectivity index (χ0v) is 21.9. The Morgan fingerprint density at radius 2 is 1.89 bits per heavy atom. The number of carbonyl (C=O) groups is 2. The molecule has 1 aliphatic heterocycles. The summed E-state index contributed by atoms with van der Waals surface area (Å²) in [4.78, 5) is 26.0. The van der Waals surface area contributed by atoms with Crippen LogP contribution in [0.4, 0.5) is 0 Å². The van der Waals surface area contributed by atoms with Crippen LogP contribution in [0, 0.1) is 0 Å². The van der Waals surface area contributed by atoms with Gasteiger partial charge < -0.3 is 25.3 Å². The van der Waals surface area contributed by atoms with Crippen LogP contribution in [-0.2, 0) is 36.8 Å². The number of nitrogens with zero attached hydrogens (tertiary/aromatic N) is 2. The van der Waals surface area contributed by atoms with Gasteiger partial charge in [-0.3, -0.25) is 0 Å². The summed E-state index contributed by atoms with van der Waals surface area (Å²) in [7, 11) is 1.27. The molecule has 12 heteroatoms. The number of hydrogen-bond acceptors (Lipinski definition) is 10. The molecule has 1 unspecified atom stereocenters. The number of ether oxygens (including phenoxy) is 3. The number of nitrogens with one attached hydrogen (secondary N) is 1. The predicted octanol–water partition coefficient (Wildman–Crippen LogP) is 3.51. The van der Waals surface area contributed by atoms with E-state index in [9.17, 15) is 9.59 Å². The van der Waals surface area contributed by atoms with Gasteiger partial charge in [-0.25, -0.2) is 9.59 Å². The molecule has 0 saturated heterocycles. The normalized spacial score (nSPS) is 15.8. The molecular weight excluding hydrogens is 515 g/mol. The Morgan fingerprint density at radius 3 is 2.57 bits per heavy atom. The summed E-state index contributed by atoms with van der Waals surface area (Å²) in [5.74, 6) is -2.11. The van der Waals surface area contributed by atoms with Gasteiger partial charge in [-0.1, -0.05) is 46.7 Å². The Kier molecular flexibility index (Phi) is 9.64. The first-order valence-corrected chi connectivity index (χ1v) is 12.4. The molecule has 1 aromatic carbocycles. The van der Waals surface area contributed by atoms with E-state index in [0.717, 1.165) is 5.01 Å². The molecule has 0 saturated carbocycles. The van der Waals surface area contributed by atoms with Gasteiger partial charge in [0.15, 0.2) is 0 Å². The molecule has 0 amide bonds. The van der Waals surface area contributed by atoms with Crippen LogP contribution in [0.25, 0.3) is 0 Å². The minimum atomic E-state index is -0.884. The van der Waals surface area contributed by atoms with E-state index in [1.807, 2.05) is 0 Å². The zero-order chi connectivity index (χ0) is 25.5. The van der Waals surface area contributed by atoms with E-state index in [-0.39, 0.29) is 41.0 Å². The van der Waals surface area contributed by atoms with Crippen LogP contribution in [-0.4, -0.2) is 49.0 Å². The number of hydrogen-bond donors (Lipinski definition) is 2. The molecule has 188 valence electrons. The van der Waals surface area contributed by atoms with E-state index >= 15 is 0 Å². The predicted molar refractivity (Wildman–Crippen MR) is 133 cm³/mol. The minimum absolute atomic E-state index is 0.0143. The van der Waals surface area contributed by atoms with E-state index in [1.54, 1.807) is 32.0 Å². The molecule has 3 N–H and O–H groups in total. The van der Waals surface area contributed by atoms with Crippen LogP contribution in [0.3, 0.4) is 0 Å². The lowest BCUT2D eigenvalue weighted by atomic mass is 9.80. The highest BCUT2D eigenvalue weighted by atomic mass is 35.5. The number of benzene rings is 1. The first-order valence-electron chi connectivity index (χ1n) is 10.8. The van der Waals surface area contributed by atoms with E-state index < -0.39 is 17.9 Å². The number of methoxy groups -OCH3 is 1. The van der Waals surface area contributed by atoms with Crippen molar-refractivity contribution >= 4 is 46.5 Å². The Balaban J connectivity index is 2.03. The number of allylic oxidation sites excluding steroid dienone is 1. The van der Waals surface area contributed by atoms with Gasteiger partial charge in [-0.05, 0) is 32.0 Å². The van der Waals surface area contributed by atoms with Crippen molar-refractivity contribution in [3.05, 3.63) is 66.4 Å². The SMILES string of the molecule is CCOC(=O)C1=C(COCc2nnc(CCN)s2)NC(C)=C(C(=O)OC)C1c1cccc(Cl)c1Cl. The van der Waals surface area contributed by atoms with Crippen molar-refractivity contribution in [2.45, 2.75) is 32.8 Å². The molecule has 2 aromatic rings. The summed E-state index contributed by atoms with van der Waals surface area (Å²) in [5.41, 5.74) is 7.36. The summed E-state index contributed by atoms with van der Waals surface area (Å²) in [6.45, 7) is 4.22. The van der Waals surface area contributed by atoms with Gasteiger partial charge in [-0.2, -0.15) is 0 Å². The summed E-state index contributed by atoms with van der Waals surface area (Å²) in [5, 5.41) is 13.3. The molecule has 3 rings (SSSR count). The van der Waals surface area contributed by atoms with E-state index in [0.29, 0.717) is 34.9 Å². The van der Waals surface area contributed by atoms with Crippen molar-refractivity contribution in [3.8, 4) is 0 Å². The molecule has 0 fully saturated rings. The molecule has 0 radical (unpaired) electrons. The molecule has 0 aliphatic carbocycles. The number of dihydropyridines is 1. The van der Waals surface area contributed by atoms with Gasteiger partial charge in [0.1, 0.15) is 16.6 Å². The highest BCUT2D eigenvalue weighted by molar-refractivity contribution is 7.11. The maximum Gasteiger partial charge on any atom is 0.336 e. The van der Waals surface area contributed by atoms with E-state index in [4.69, 9.17) is 43.1 Å². The van der Waals surface area contributed by atoms with Gasteiger partial charge in [0.25, 0.3) is 0 Å². The third-order valence-corrected chi connectivity index (χ3v) is 6.97. The van der Waals surface area contributed by atoms with Crippen molar-refractivity contribution in [1.82, 2.24) is 15.5 Å². The van der Waals surface area contributed by atoms with Crippen LogP contribution in [0.1, 0.15) is 35.3 Å². The molecule has 1 aliphatic rings. The number of carbonyl (C=O) groups excluding carboxylic acids is 2. The molecule has 1 aromatic heterocycles. The molecule has 0 spiro atoms. The highest BCUT2D eigenvalue weighted by Gasteiger charge is 2.40. The standard InChI is InChI=1S/C23H26Cl2N4O5S/c1-4-34-23(31)20-15(10-33-11-17-29-28-16(35-17)8-9-26)27-12(2)18(22(30)32-3)19(20)13-6-5-7-14(24)21(13)25/h5-7,19,27H,4,8-11,26H2,1-3H3. The number of rotatable bonds is 10. The Bertz CT molecular complexity index is 1160. The Labute approximate surface area is 217 Å². The van der Waals surface area contributed by atoms with Gasteiger partial charge >= 0.3 is 11.9 Å². The minimum Gasteiger partial charge on any atom is -0.466 e. The number of aromatic nitrogens is 2. The Morgan fingerprint density at radius 1 is 1.14 bits per heavy atom. The van der Waals surface area contributed by atoms with Crippen LogP contribution >= 0.6 is 34.5 Å². The van der Waals surface area contributed by atoms with Crippen molar-refractivity contribution in [2.24, 2.45) is 5.73 Å². The van der Waals surface area contributed by atoms with Crippen molar-refractivity contribution in [1.29, 1.82) is 0 Å². The molecule has 1 atom stereocenters. The molecule has 35 heavy (non-hydrogen) atoms. The van der Waals surface area contributed by atoms with Crippen molar-refractivity contribution in [2.75, 3.05) is 26.9 Å². The molecule has 2 heterocycles. The number of esters is 2. The lowest BCUT2D eigenvalue weighted by Crippen LogP contribution is -2.34. The van der Waals surface area contributed by atoms with Crippen molar-refractivity contribution < 1.29 is 23.8 Å². The van der Waals surface area contributed by atoms with E-state index in [2.05, 4.69) is 15.5 Å². The third kappa shape index (κ3) is 6.20. The van der Waals surface area contributed by atoms with Crippen LogP contribution in [0.15, 0.2) is 40.7 Å². The maximum atomic E-state index is 13.2. The first-order chi connectivity index (χ1) is 16.8. The third-order valence-electron chi connectivity index (χ3n) is 5.18. The highest BCUT2D eigenvalue weighted by Crippen LogP contribution is 2.43. The quantitative estimate of drug-likeness (QED) is 0.435. The second-order valence-corrected chi connectivity index (χ2v) is 9.40. The zero-order valence-electron chi connectivity index (χ0n) is 19.5. The Hall–Kier alpha value is -2.50. The summed E-state index contributed by atoms with van der Waals surface area (Å²) < 4.78 is 16.2. The summed E-state index contributed by atoms with van der Waals surface area (Å²) >= 11 is 14.2. The molecule has 0 bridgehead atoms. The fourth-order valence-electron chi connectivity index (χ4n) is 3.71. The monoisotopic (exact) mass is 540 g/mol. The second kappa shape index (κ2) is 12.5. The van der Waals surface area contributed by atoms with Crippen molar-refractivity contribution in [3.63, 3.8) is 0 Å². The topological polar surface area (TPSA) is 126 Å². The molecule has 9 nitrogen and oxygen atoms in total. The van der Waals surface area contributed by atoms with Crippen LogP contribution in [0.5, 0.6) is 0 Å². The molecular formula is C23H26Cl2N4O5S. The summed E-state index contributed by atoms with van der Waals surface area (Å²) in [6.07, 6.45) is 0.639. The fraction of sp³-hybridized carbons (Fsp3) is 0.391. The fourth-order valence-corrected chi connectivity index (χ4v) is 4.92. The number of halogens is 2. The summed E-state index contributed by atoms with van der Waals surface area (Å²) in [6, 6.07) is 5.03. The largest absolute Gasteiger partial charge is 0.466 e. The first kappa shape index (κ1) is 27.1. The van der Waals surface area contributed by atoms with Gasteiger partial charge in [0.2, 0.25) is 0 Å². The van der Waals surface area contributed by atoms with Gasteiger partial charge in [0.05, 0.1) is 53.1 Å². The van der Waals surface area contributed by atoms with Gasteiger partial charge in [0, 0.05) is 12.1 Å². The van der Waals surface area contributed by atoms with E-state index in [1.165, 1.54) is 18.4 Å². The lowest BCUT2D eigenvalue weighted by molar-refractivity contribution is -0.139. The van der Waals surface area contributed by atoms with Crippen LogP contribution in [0.2, 0.25) is 10.0 Å². The maximum absolute atomic E-state index is 13.2. The number of nitrogens with two attached hydrogens (primary N) is 1. The average Bonchev–Trinajstić information content (AvgIpc) is 3.27. The average molecular weight is 541 g/mol. The van der Waals surface area contributed by atoms with Crippen LogP contribution < -0.4 is 11.1 Å². The smallest absolute Gasteiger partial charge is 0.336 e. The lowest BCUT2D eigenvalue weighted by Gasteiger charge is -2.31.